The molecule has 74 heavy (non-hydrogen) atoms. The number of aromatic nitrogens is 1. The molecule has 11 nitrogen and oxygen atoms in total. The number of hydrogen-bond donors (Lipinski definition) is 3. The highest BCUT2D eigenvalue weighted by molar-refractivity contribution is 7.13. The number of carbonyl (C=O) groups excluding carboxylic acids is 4. The lowest BCUT2D eigenvalue weighted by molar-refractivity contribution is -0.142. The first-order valence-corrected chi connectivity index (χ1v) is 28.2. The van der Waals surface area contributed by atoms with Gasteiger partial charge in [0.15, 0.2) is 0 Å². The zero-order chi connectivity index (χ0) is 52.7. The predicted octanol–water partition coefficient (Wildman–Crippen LogP) is 12.2. The highest BCUT2D eigenvalue weighted by atomic mass is 32.1. The Labute approximate surface area is 445 Å². The molecule has 0 aliphatic carbocycles. The Bertz CT molecular complexity index is 2530. The Morgan fingerprint density at radius 1 is 0.757 bits per heavy atom. The third-order valence-electron chi connectivity index (χ3n) is 14.2. The molecule has 1 fully saturated rings. The number of ether oxygens (including phenoxy) is 1. The van der Waals surface area contributed by atoms with Crippen molar-refractivity contribution in [1.29, 1.82) is 0 Å². The van der Waals surface area contributed by atoms with Crippen molar-refractivity contribution in [3.8, 4) is 16.2 Å². The molecular weight excluding hydrogens is 943 g/mol. The van der Waals surface area contributed by atoms with Crippen LogP contribution < -0.4 is 15.4 Å². The fourth-order valence-corrected chi connectivity index (χ4v) is 10.7. The van der Waals surface area contributed by atoms with Crippen LogP contribution in [0.15, 0.2) is 115 Å². The molecule has 1 aromatic heterocycles. The molecule has 1 aliphatic heterocycles. The number of likely N-dealkylation sites (tertiary alicyclic amines) is 1. The summed E-state index contributed by atoms with van der Waals surface area (Å²) >= 11 is 1.59. The predicted molar refractivity (Wildman–Crippen MR) is 300 cm³/mol. The van der Waals surface area contributed by atoms with E-state index >= 15 is 0 Å². The van der Waals surface area contributed by atoms with Crippen molar-refractivity contribution in [2.45, 2.75) is 155 Å². The number of amides is 4. The van der Waals surface area contributed by atoms with Gasteiger partial charge in [-0.3, -0.25) is 19.2 Å². The number of aliphatic hydroxyl groups excluding tert-OH is 1. The number of aliphatic hydroxyl groups is 1. The molecular formula is C62H81N5O6S. The standard InChI is InChI=1S/C62H81N5O6S/c1-6-54(48-25-19-17-20-26-48)58(49-27-21-18-22-28-49)50-35-37-53(38-36-50)73-40-39-66(5)57(70)30-24-16-14-12-10-8-7-9-11-13-15-23-29-56(69)65-59(45(2)3)62(72)67-43-52(68)41-55(67)61(71)63-42-47-31-33-51(34-32-47)60-46(4)64-44-74-60/h17-22,25-28,31-38,44-45,52,55,59,68H,6-16,23-24,29-30,39-43H2,1-5H3,(H,63,71)(H,65,69)/b58-54-/t52-,55+,59+/m1/s1. The van der Waals surface area contributed by atoms with Crippen LogP contribution >= 0.6 is 11.3 Å². The number of hydrogen-bond acceptors (Lipinski definition) is 8. The molecule has 0 spiro atoms. The highest BCUT2D eigenvalue weighted by Gasteiger charge is 2.42. The molecule has 6 rings (SSSR count). The van der Waals surface area contributed by atoms with Crippen LogP contribution in [0.2, 0.25) is 0 Å². The van der Waals surface area contributed by atoms with E-state index in [1.807, 2.05) is 75.8 Å². The molecule has 1 aliphatic rings. The first kappa shape index (κ1) is 57.2. The van der Waals surface area contributed by atoms with Gasteiger partial charge in [-0.05, 0) is 83.2 Å². The third kappa shape index (κ3) is 17.5. The van der Waals surface area contributed by atoms with Crippen LogP contribution in [0.4, 0.5) is 0 Å². The minimum atomic E-state index is -0.810. The molecule has 4 aromatic carbocycles. The van der Waals surface area contributed by atoms with Crippen LogP contribution in [0, 0.1) is 12.8 Å². The van der Waals surface area contributed by atoms with Gasteiger partial charge in [-0.1, -0.05) is 182 Å². The normalized spacial score (nSPS) is 15.1. The Hall–Kier alpha value is -6.11. The molecule has 4 amide bonds. The number of thiazole rings is 1. The van der Waals surface area contributed by atoms with Crippen LogP contribution in [0.1, 0.15) is 151 Å². The summed E-state index contributed by atoms with van der Waals surface area (Å²) in [4.78, 5) is 61.8. The quantitative estimate of drug-likeness (QED) is 0.0307. The van der Waals surface area contributed by atoms with Gasteiger partial charge in [0.1, 0.15) is 24.4 Å². The topological polar surface area (TPSA) is 141 Å². The van der Waals surface area contributed by atoms with Crippen molar-refractivity contribution in [1.82, 2.24) is 25.4 Å². The van der Waals surface area contributed by atoms with E-state index in [1.165, 1.54) is 59.3 Å². The van der Waals surface area contributed by atoms with Crippen molar-refractivity contribution in [3.05, 3.63) is 143 Å². The maximum absolute atomic E-state index is 13.8. The van der Waals surface area contributed by atoms with Crippen molar-refractivity contribution >= 4 is 46.1 Å². The average Bonchev–Trinajstić information content (AvgIpc) is 4.04. The number of unbranched alkanes of at least 4 members (excludes halogenated alkanes) is 11. The number of β-amino-alcohol motifs (C(OH)–C–C–N with tert-alkyl or cyclic N) is 1. The number of benzene rings is 4. The minimum absolute atomic E-state index is 0.0566. The molecule has 2 heterocycles. The summed E-state index contributed by atoms with van der Waals surface area (Å²) in [7, 11) is 1.86. The van der Waals surface area contributed by atoms with E-state index in [0.29, 0.717) is 32.5 Å². The molecule has 1 saturated heterocycles. The summed E-state index contributed by atoms with van der Waals surface area (Å²) in [5.41, 5.74) is 10.9. The summed E-state index contributed by atoms with van der Waals surface area (Å²) in [6.07, 6.45) is 14.2. The summed E-state index contributed by atoms with van der Waals surface area (Å²) in [6.45, 7) is 9.31. The van der Waals surface area contributed by atoms with Crippen molar-refractivity contribution < 1.29 is 29.0 Å². The first-order chi connectivity index (χ1) is 35.9. The zero-order valence-electron chi connectivity index (χ0n) is 44.7. The van der Waals surface area contributed by atoms with Crippen molar-refractivity contribution in [3.63, 3.8) is 0 Å². The van der Waals surface area contributed by atoms with E-state index in [-0.39, 0.29) is 42.5 Å². The largest absolute Gasteiger partial charge is 0.492 e. The van der Waals surface area contributed by atoms with E-state index < -0.39 is 18.2 Å². The highest BCUT2D eigenvalue weighted by Crippen LogP contribution is 2.35. The maximum atomic E-state index is 13.8. The minimum Gasteiger partial charge on any atom is -0.492 e. The number of allylic oxidation sites excluding steroid dienone is 1. The van der Waals surface area contributed by atoms with Crippen LogP contribution in [0.25, 0.3) is 21.6 Å². The van der Waals surface area contributed by atoms with Gasteiger partial charge in [-0.2, -0.15) is 0 Å². The van der Waals surface area contributed by atoms with Crippen LogP contribution in [0.3, 0.4) is 0 Å². The smallest absolute Gasteiger partial charge is 0.246 e. The summed E-state index contributed by atoms with van der Waals surface area (Å²) in [5.74, 6) is -0.0347. The number of carbonyl (C=O) groups is 4. The molecule has 3 atom stereocenters. The fourth-order valence-electron chi connectivity index (χ4n) is 9.85. The SMILES string of the molecule is CC/C(=C(\c1ccccc1)c1ccc(OCCN(C)C(=O)CCCCCCCCCCCCCCC(=O)N[C@H](C(=O)N2C[C@H](O)C[C@H]2C(=O)NCc2ccc(-c3scnc3C)cc2)C(C)C)cc1)c1ccccc1. The van der Waals surface area contributed by atoms with E-state index in [1.54, 1.807) is 16.2 Å². The second-order valence-corrected chi connectivity index (χ2v) is 21.1. The molecule has 396 valence electrons. The Kier molecular flexibility index (Phi) is 23.4. The lowest BCUT2D eigenvalue weighted by Gasteiger charge is -2.30. The van der Waals surface area contributed by atoms with Gasteiger partial charge in [-0.15, -0.1) is 11.3 Å². The molecule has 0 bridgehead atoms. The second-order valence-electron chi connectivity index (χ2n) is 20.2. The fraction of sp³-hybridized carbons (Fsp3) is 0.468. The molecule has 0 radical (unpaired) electrons. The van der Waals surface area contributed by atoms with Crippen molar-refractivity contribution in [2.75, 3.05) is 26.7 Å². The Morgan fingerprint density at radius 3 is 1.89 bits per heavy atom. The lowest BCUT2D eigenvalue weighted by Crippen LogP contribution is -2.55. The molecule has 0 saturated carbocycles. The Balaban J connectivity index is 0.773. The van der Waals surface area contributed by atoms with Gasteiger partial charge in [-0.25, -0.2) is 4.98 Å². The van der Waals surface area contributed by atoms with Gasteiger partial charge >= 0.3 is 0 Å². The van der Waals surface area contributed by atoms with E-state index in [0.717, 1.165) is 84.4 Å². The Morgan fingerprint density at radius 2 is 1.32 bits per heavy atom. The number of nitrogens with one attached hydrogen (secondary N) is 2. The molecule has 12 heteroatoms. The zero-order valence-corrected chi connectivity index (χ0v) is 45.5. The average molecular weight is 1020 g/mol. The number of nitrogens with zero attached hydrogens (tertiary/aromatic N) is 3. The van der Waals surface area contributed by atoms with E-state index in [9.17, 15) is 24.3 Å². The number of aryl methyl sites for hydroxylation is 1. The van der Waals surface area contributed by atoms with Gasteiger partial charge in [0, 0.05) is 39.4 Å². The van der Waals surface area contributed by atoms with Crippen LogP contribution in [-0.2, 0) is 25.7 Å². The van der Waals surface area contributed by atoms with Gasteiger partial charge in [0.05, 0.1) is 28.7 Å². The maximum Gasteiger partial charge on any atom is 0.246 e. The number of likely N-dealkylation sites (N-methyl/N-ethyl adjacent to an activating group) is 1. The monoisotopic (exact) mass is 1020 g/mol. The van der Waals surface area contributed by atoms with E-state index in [4.69, 9.17) is 4.74 Å². The third-order valence-corrected chi connectivity index (χ3v) is 15.2. The first-order valence-electron chi connectivity index (χ1n) is 27.3. The van der Waals surface area contributed by atoms with Gasteiger partial charge in [0.2, 0.25) is 23.6 Å². The molecule has 3 N–H and O–H groups in total. The summed E-state index contributed by atoms with van der Waals surface area (Å²) < 4.78 is 6.09. The summed E-state index contributed by atoms with van der Waals surface area (Å²) in [6, 6.07) is 35.8. The van der Waals surface area contributed by atoms with Gasteiger partial charge < -0.3 is 30.3 Å². The summed E-state index contributed by atoms with van der Waals surface area (Å²) in [5, 5.41) is 16.4. The van der Waals surface area contributed by atoms with E-state index in [2.05, 4.69) is 89.3 Å². The van der Waals surface area contributed by atoms with Crippen molar-refractivity contribution in [2.24, 2.45) is 5.92 Å². The second kappa shape index (κ2) is 30.3. The molecule has 0 unspecified atom stereocenters. The number of rotatable bonds is 30. The van der Waals surface area contributed by atoms with Gasteiger partial charge in [0.25, 0.3) is 0 Å². The lowest BCUT2D eigenvalue weighted by atomic mass is 9.88. The van der Waals surface area contributed by atoms with Crippen LogP contribution in [-0.4, -0.2) is 88.5 Å². The van der Waals surface area contributed by atoms with Crippen LogP contribution in [0.5, 0.6) is 5.75 Å². The molecule has 5 aromatic rings.